The Labute approximate surface area is 143 Å². The van der Waals surface area contributed by atoms with Crippen LogP contribution in [0.5, 0.6) is 0 Å². The minimum Gasteiger partial charge on any atom is -0.468 e. The van der Waals surface area contributed by atoms with Crippen LogP contribution >= 0.6 is 0 Å². The summed E-state index contributed by atoms with van der Waals surface area (Å²) in [7, 11) is 1.41. The molecule has 0 unspecified atom stereocenters. The Balaban J connectivity index is 1.80. The number of nitrogens with one attached hydrogen (secondary N) is 1. The van der Waals surface area contributed by atoms with Gasteiger partial charge in [0, 0.05) is 18.4 Å². The number of hydrogen-bond donors (Lipinski definition) is 1. The summed E-state index contributed by atoms with van der Waals surface area (Å²) in [4.78, 5) is 16.3. The minimum absolute atomic E-state index is 0.0431. The average molecular weight is 324 g/mol. The molecule has 1 N–H and O–H groups in total. The number of benzene rings is 1. The summed E-state index contributed by atoms with van der Waals surface area (Å²) in [5.74, 6) is -0.298. The number of aryl methyl sites for hydroxylation is 2. The van der Waals surface area contributed by atoms with E-state index in [4.69, 9.17) is 4.74 Å². The lowest BCUT2D eigenvalue weighted by Gasteiger charge is -2.24. The first-order valence-corrected chi connectivity index (χ1v) is 8.54. The van der Waals surface area contributed by atoms with Crippen LogP contribution in [0.2, 0.25) is 0 Å². The van der Waals surface area contributed by atoms with Gasteiger partial charge < -0.3 is 4.74 Å². The van der Waals surface area contributed by atoms with Crippen LogP contribution < -0.4 is 5.32 Å². The molecule has 4 nitrogen and oxygen atoms in total. The number of fused-ring (bicyclic) bond motifs is 1. The second-order valence-corrected chi connectivity index (χ2v) is 6.37. The first-order chi connectivity index (χ1) is 11.7. The fourth-order valence-electron chi connectivity index (χ4n) is 3.33. The third kappa shape index (κ3) is 3.65. The Hall–Kier alpha value is -2.20. The molecule has 126 valence electrons. The van der Waals surface area contributed by atoms with E-state index in [2.05, 4.69) is 35.4 Å². The van der Waals surface area contributed by atoms with Crippen molar-refractivity contribution in [1.82, 2.24) is 10.3 Å². The van der Waals surface area contributed by atoms with Crippen molar-refractivity contribution in [3.05, 3.63) is 65.0 Å². The van der Waals surface area contributed by atoms with E-state index in [9.17, 15) is 4.79 Å². The number of aromatic nitrogens is 1. The highest BCUT2D eigenvalue weighted by molar-refractivity contribution is 5.77. The van der Waals surface area contributed by atoms with E-state index in [0.717, 1.165) is 12.0 Å². The molecule has 0 radical (unpaired) electrons. The standard InChI is InChI=1S/C20H24N2O2/c1-14(16-10-9-15-6-3-4-7-17(15)12-16)22-19(20(23)24-2)18-8-5-11-21-13-18/h5,8-14,19,22H,3-4,6-7H2,1-2H3/t14-,19-/m0/s1. The number of esters is 1. The summed E-state index contributed by atoms with van der Waals surface area (Å²) in [6.07, 6.45) is 8.28. The van der Waals surface area contributed by atoms with Crippen molar-refractivity contribution in [3.63, 3.8) is 0 Å². The topological polar surface area (TPSA) is 51.2 Å². The van der Waals surface area contributed by atoms with Gasteiger partial charge in [0.2, 0.25) is 0 Å². The zero-order valence-electron chi connectivity index (χ0n) is 14.3. The zero-order valence-corrected chi connectivity index (χ0v) is 14.3. The van der Waals surface area contributed by atoms with Crippen LogP contribution in [0.1, 0.15) is 54.1 Å². The molecule has 0 spiro atoms. The Morgan fingerprint density at radius 1 is 1.17 bits per heavy atom. The zero-order chi connectivity index (χ0) is 16.9. The van der Waals surface area contributed by atoms with Gasteiger partial charge in [-0.1, -0.05) is 24.3 Å². The van der Waals surface area contributed by atoms with E-state index in [1.165, 1.54) is 43.1 Å². The molecular weight excluding hydrogens is 300 g/mol. The van der Waals surface area contributed by atoms with Crippen molar-refractivity contribution in [3.8, 4) is 0 Å². The number of ether oxygens (including phenoxy) is 1. The average Bonchev–Trinajstić information content (AvgIpc) is 2.65. The Bertz CT molecular complexity index is 700. The first-order valence-electron chi connectivity index (χ1n) is 8.54. The molecule has 1 aromatic carbocycles. The van der Waals surface area contributed by atoms with Crippen molar-refractivity contribution < 1.29 is 9.53 Å². The summed E-state index contributed by atoms with van der Waals surface area (Å²) in [6, 6.07) is 9.93. The predicted molar refractivity (Wildman–Crippen MR) is 93.6 cm³/mol. The first kappa shape index (κ1) is 16.7. The second-order valence-electron chi connectivity index (χ2n) is 6.37. The van der Waals surface area contributed by atoms with E-state index in [1.807, 2.05) is 12.1 Å². The van der Waals surface area contributed by atoms with Crippen LogP contribution in [0, 0.1) is 0 Å². The molecule has 2 aromatic rings. The molecule has 0 amide bonds. The van der Waals surface area contributed by atoms with Gasteiger partial charge in [0.25, 0.3) is 0 Å². The van der Waals surface area contributed by atoms with Crippen molar-refractivity contribution >= 4 is 5.97 Å². The lowest BCUT2D eigenvalue weighted by Crippen LogP contribution is -2.32. The van der Waals surface area contributed by atoms with Crippen molar-refractivity contribution in [2.24, 2.45) is 0 Å². The fraction of sp³-hybridized carbons (Fsp3) is 0.400. The van der Waals surface area contributed by atoms with E-state index in [0.29, 0.717) is 0 Å². The Morgan fingerprint density at radius 2 is 1.96 bits per heavy atom. The fourth-order valence-corrected chi connectivity index (χ4v) is 3.33. The molecular formula is C20H24N2O2. The van der Waals surface area contributed by atoms with Gasteiger partial charge in [0.05, 0.1) is 7.11 Å². The third-order valence-corrected chi connectivity index (χ3v) is 4.74. The second kappa shape index (κ2) is 7.58. The van der Waals surface area contributed by atoms with Crippen LogP contribution in [0.15, 0.2) is 42.7 Å². The van der Waals surface area contributed by atoms with E-state index >= 15 is 0 Å². The quantitative estimate of drug-likeness (QED) is 0.855. The number of hydrogen-bond acceptors (Lipinski definition) is 4. The number of methoxy groups -OCH3 is 1. The maximum absolute atomic E-state index is 12.2. The molecule has 0 aliphatic heterocycles. The van der Waals surface area contributed by atoms with Crippen LogP contribution in [-0.4, -0.2) is 18.1 Å². The number of carbonyl (C=O) groups is 1. The molecule has 24 heavy (non-hydrogen) atoms. The molecule has 0 bridgehead atoms. The number of nitrogens with zero attached hydrogens (tertiary/aromatic N) is 1. The molecule has 0 saturated carbocycles. The highest BCUT2D eigenvalue weighted by Gasteiger charge is 2.24. The van der Waals surface area contributed by atoms with Crippen molar-refractivity contribution in [2.45, 2.75) is 44.7 Å². The maximum atomic E-state index is 12.2. The SMILES string of the molecule is COC(=O)[C@@H](N[C@@H](C)c1ccc2c(c1)CCCC2)c1cccnc1. The lowest BCUT2D eigenvalue weighted by atomic mass is 9.89. The van der Waals surface area contributed by atoms with Gasteiger partial charge in [-0.3, -0.25) is 10.3 Å². The maximum Gasteiger partial charge on any atom is 0.327 e. The summed E-state index contributed by atoms with van der Waals surface area (Å²) in [6.45, 7) is 2.08. The molecule has 3 rings (SSSR count). The molecule has 2 atom stereocenters. The van der Waals surface area contributed by atoms with E-state index in [1.54, 1.807) is 12.4 Å². The normalized spacial score (nSPS) is 16.1. The smallest absolute Gasteiger partial charge is 0.327 e. The van der Waals surface area contributed by atoms with E-state index < -0.39 is 6.04 Å². The van der Waals surface area contributed by atoms with Crippen LogP contribution in [0.3, 0.4) is 0 Å². The predicted octanol–water partition coefficient (Wildman–Crippen LogP) is 3.53. The van der Waals surface area contributed by atoms with Gasteiger partial charge in [0.15, 0.2) is 0 Å². The molecule has 1 aromatic heterocycles. The summed E-state index contributed by atoms with van der Waals surface area (Å²) < 4.78 is 4.96. The third-order valence-electron chi connectivity index (χ3n) is 4.74. The molecule has 0 fully saturated rings. The number of carbonyl (C=O) groups excluding carboxylic acids is 1. The van der Waals surface area contributed by atoms with Crippen molar-refractivity contribution in [1.29, 1.82) is 0 Å². The molecule has 4 heteroatoms. The Kier molecular flexibility index (Phi) is 5.26. The molecule has 1 heterocycles. The molecule has 0 saturated heterocycles. The summed E-state index contributed by atoms with van der Waals surface area (Å²) in [5, 5.41) is 3.39. The van der Waals surface area contributed by atoms with Gasteiger partial charge in [-0.15, -0.1) is 0 Å². The van der Waals surface area contributed by atoms with E-state index in [-0.39, 0.29) is 12.0 Å². The van der Waals surface area contributed by atoms with Gasteiger partial charge in [0.1, 0.15) is 6.04 Å². The monoisotopic (exact) mass is 324 g/mol. The highest BCUT2D eigenvalue weighted by Crippen LogP contribution is 2.26. The van der Waals surface area contributed by atoms with Gasteiger partial charge in [-0.05, 0) is 60.9 Å². The van der Waals surface area contributed by atoms with Crippen LogP contribution in [-0.2, 0) is 22.4 Å². The Morgan fingerprint density at radius 3 is 2.67 bits per heavy atom. The number of pyridine rings is 1. The lowest BCUT2D eigenvalue weighted by molar-refractivity contribution is -0.143. The molecule has 1 aliphatic carbocycles. The largest absolute Gasteiger partial charge is 0.468 e. The van der Waals surface area contributed by atoms with Crippen LogP contribution in [0.25, 0.3) is 0 Å². The molecule has 1 aliphatic rings. The van der Waals surface area contributed by atoms with Gasteiger partial charge in [-0.2, -0.15) is 0 Å². The summed E-state index contributed by atoms with van der Waals surface area (Å²) in [5.41, 5.74) is 4.93. The van der Waals surface area contributed by atoms with Crippen molar-refractivity contribution in [2.75, 3.05) is 7.11 Å². The number of rotatable bonds is 5. The van der Waals surface area contributed by atoms with Gasteiger partial charge in [-0.25, -0.2) is 4.79 Å². The highest BCUT2D eigenvalue weighted by atomic mass is 16.5. The minimum atomic E-state index is -0.519. The van der Waals surface area contributed by atoms with Gasteiger partial charge >= 0.3 is 5.97 Å². The summed E-state index contributed by atoms with van der Waals surface area (Å²) >= 11 is 0. The van der Waals surface area contributed by atoms with Crippen LogP contribution in [0.4, 0.5) is 0 Å².